The molecule has 3 rings (SSSR count). The summed E-state index contributed by atoms with van der Waals surface area (Å²) in [6.45, 7) is 3.39. The molecule has 0 saturated heterocycles. The largest absolute Gasteiger partial charge is 0.309 e. The first-order chi connectivity index (χ1) is 11.7. The molecule has 1 amide bonds. The quantitative estimate of drug-likeness (QED) is 0.813. The summed E-state index contributed by atoms with van der Waals surface area (Å²) < 4.78 is 41.8. The molecule has 1 heterocycles. The highest BCUT2D eigenvalue weighted by molar-refractivity contribution is 9.10. The predicted octanol–water partition coefficient (Wildman–Crippen LogP) is 3.69. The van der Waals surface area contributed by atoms with Gasteiger partial charge in [0.05, 0.1) is 10.6 Å². The van der Waals surface area contributed by atoms with Gasteiger partial charge < -0.3 is 4.90 Å². The highest BCUT2D eigenvalue weighted by Gasteiger charge is 2.30. The van der Waals surface area contributed by atoms with E-state index in [1.54, 1.807) is 17.0 Å². The minimum atomic E-state index is -3.93. The second-order valence-corrected chi connectivity index (χ2v) is 8.56. The van der Waals surface area contributed by atoms with Crippen molar-refractivity contribution in [1.29, 1.82) is 0 Å². The fraction of sp³-hybridized carbons (Fsp3) is 0.235. The maximum absolute atomic E-state index is 13.9. The van der Waals surface area contributed by atoms with E-state index in [0.717, 1.165) is 5.56 Å². The van der Waals surface area contributed by atoms with Crippen molar-refractivity contribution in [2.45, 2.75) is 31.2 Å². The molecular formula is C17H16BrFN2O3S. The van der Waals surface area contributed by atoms with Crippen LogP contribution >= 0.6 is 15.9 Å². The molecule has 0 fully saturated rings. The van der Waals surface area contributed by atoms with Crippen LogP contribution in [0.1, 0.15) is 19.4 Å². The molecule has 5 nitrogen and oxygen atoms in total. The van der Waals surface area contributed by atoms with E-state index in [4.69, 9.17) is 0 Å². The molecule has 2 aromatic carbocycles. The number of amides is 1. The molecule has 1 unspecified atom stereocenters. The molecule has 1 aliphatic rings. The highest BCUT2D eigenvalue weighted by atomic mass is 79.9. The molecule has 0 bridgehead atoms. The highest BCUT2D eigenvalue weighted by Crippen LogP contribution is 2.34. The van der Waals surface area contributed by atoms with Crippen LogP contribution in [-0.2, 0) is 21.2 Å². The van der Waals surface area contributed by atoms with Crippen molar-refractivity contribution in [2.75, 3.05) is 9.62 Å². The van der Waals surface area contributed by atoms with Gasteiger partial charge in [0, 0.05) is 23.1 Å². The van der Waals surface area contributed by atoms with Gasteiger partial charge >= 0.3 is 0 Å². The number of sulfonamides is 1. The van der Waals surface area contributed by atoms with Gasteiger partial charge in [0.25, 0.3) is 10.0 Å². The molecule has 1 aliphatic heterocycles. The third kappa shape index (κ3) is 3.41. The standard InChI is InChI=1S/C17H16BrFN2O3S/c1-10-7-12-8-14(4-6-17(12)21(10)11(2)22)25(23,24)20-16-5-3-13(18)9-15(16)19/h3-6,8-10,20H,7H2,1-2H3. The van der Waals surface area contributed by atoms with Gasteiger partial charge in [-0.15, -0.1) is 0 Å². The van der Waals surface area contributed by atoms with Crippen molar-refractivity contribution >= 4 is 43.2 Å². The maximum Gasteiger partial charge on any atom is 0.261 e. The number of fused-ring (bicyclic) bond motifs is 1. The average molecular weight is 427 g/mol. The summed E-state index contributed by atoms with van der Waals surface area (Å²) >= 11 is 3.13. The summed E-state index contributed by atoms with van der Waals surface area (Å²) in [5.74, 6) is -0.757. The van der Waals surface area contributed by atoms with Crippen LogP contribution in [0.25, 0.3) is 0 Å². The molecule has 132 valence electrons. The summed E-state index contributed by atoms with van der Waals surface area (Å²) in [6.07, 6.45) is 0.574. The van der Waals surface area contributed by atoms with E-state index < -0.39 is 15.8 Å². The van der Waals surface area contributed by atoms with Crippen molar-refractivity contribution in [3.63, 3.8) is 0 Å². The molecule has 8 heteroatoms. The fourth-order valence-electron chi connectivity index (χ4n) is 3.03. The van der Waals surface area contributed by atoms with Gasteiger partial charge in [-0.05, 0) is 55.3 Å². The summed E-state index contributed by atoms with van der Waals surface area (Å²) in [4.78, 5) is 13.4. The van der Waals surface area contributed by atoms with Crippen LogP contribution in [0.15, 0.2) is 45.8 Å². The summed E-state index contributed by atoms with van der Waals surface area (Å²) in [5.41, 5.74) is 1.37. The lowest BCUT2D eigenvalue weighted by Crippen LogP contribution is -2.33. The number of rotatable bonds is 3. The third-order valence-electron chi connectivity index (χ3n) is 4.09. The SMILES string of the molecule is CC(=O)N1c2ccc(S(=O)(=O)Nc3ccc(Br)cc3F)cc2CC1C. The second kappa shape index (κ2) is 6.42. The Kier molecular flexibility index (Phi) is 4.59. The van der Waals surface area contributed by atoms with Gasteiger partial charge in [-0.1, -0.05) is 15.9 Å². The zero-order valence-corrected chi connectivity index (χ0v) is 16.0. The lowest BCUT2D eigenvalue weighted by atomic mass is 10.1. The molecule has 0 saturated carbocycles. The van der Waals surface area contributed by atoms with Crippen molar-refractivity contribution in [1.82, 2.24) is 0 Å². The normalized spacial score (nSPS) is 16.6. The molecule has 25 heavy (non-hydrogen) atoms. The van der Waals surface area contributed by atoms with Gasteiger partial charge in [-0.25, -0.2) is 12.8 Å². The van der Waals surface area contributed by atoms with Crippen LogP contribution in [0.3, 0.4) is 0 Å². The van der Waals surface area contributed by atoms with E-state index >= 15 is 0 Å². The van der Waals surface area contributed by atoms with E-state index in [0.29, 0.717) is 16.6 Å². The Hall–Kier alpha value is -1.93. The van der Waals surface area contributed by atoms with Crippen LogP contribution in [-0.4, -0.2) is 20.4 Å². The summed E-state index contributed by atoms with van der Waals surface area (Å²) in [5, 5.41) is 0. The molecule has 1 atom stereocenters. The lowest BCUT2D eigenvalue weighted by Gasteiger charge is -2.20. The Balaban J connectivity index is 1.94. The van der Waals surface area contributed by atoms with Gasteiger partial charge in [0.1, 0.15) is 5.82 Å². The zero-order chi connectivity index (χ0) is 18.4. The number of hydrogen-bond acceptors (Lipinski definition) is 3. The summed E-state index contributed by atoms with van der Waals surface area (Å²) in [6, 6.07) is 8.64. The number of carbonyl (C=O) groups excluding carboxylic acids is 1. The van der Waals surface area contributed by atoms with Gasteiger partial charge in [0.15, 0.2) is 0 Å². The zero-order valence-electron chi connectivity index (χ0n) is 13.6. The first-order valence-corrected chi connectivity index (χ1v) is 9.87. The monoisotopic (exact) mass is 426 g/mol. The van der Waals surface area contributed by atoms with Crippen LogP contribution in [0.2, 0.25) is 0 Å². The Morgan fingerprint density at radius 3 is 2.64 bits per heavy atom. The molecule has 0 radical (unpaired) electrons. The molecule has 0 spiro atoms. The topological polar surface area (TPSA) is 66.5 Å². The minimum Gasteiger partial charge on any atom is -0.309 e. The van der Waals surface area contributed by atoms with Crippen LogP contribution in [0.5, 0.6) is 0 Å². The lowest BCUT2D eigenvalue weighted by molar-refractivity contribution is -0.116. The van der Waals surface area contributed by atoms with E-state index in [1.807, 2.05) is 6.92 Å². The number of anilines is 2. The Bertz CT molecular complexity index is 962. The first kappa shape index (κ1) is 17.9. The smallest absolute Gasteiger partial charge is 0.261 e. The van der Waals surface area contributed by atoms with Crippen LogP contribution < -0.4 is 9.62 Å². The van der Waals surface area contributed by atoms with Gasteiger partial charge in [0.2, 0.25) is 5.91 Å². The molecule has 0 aromatic heterocycles. The molecular weight excluding hydrogens is 411 g/mol. The van der Waals surface area contributed by atoms with Crippen LogP contribution in [0.4, 0.5) is 15.8 Å². The van der Waals surface area contributed by atoms with E-state index in [1.165, 1.54) is 31.2 Å². The molecule has 2 aromatic rings. The van der Waals surface area contributed by atoms with E-state index in [2.05, 4.69) is 20.7 Å². The summed E-state index contributed by atoms with van der Waals surface area (Å²) in [7, 11) is -3.93. The Morgan fingerprint density at radius 1 is 1.28 bits per heavy atom. The van der Waals surface area contributed by atoms with Crippen LogP contribution in [0, 0.1) is 5.82 Å². The molecule has 1 N–H and O–H groups in total. The van der Waals surface area contributed by atoms with Crippen molar-refractivity contribution in [2.24, 2.45) is 0 Å². The first-order valence-electron chi connectivity index (χ1n) is 7.59. The van der Waals surface area contributed by atoms with E-state index in [-0.39, 0.29) is 22.5 Å². The number of halogens is 2. The molecule has 0 aliphatic carbocycles. The third-order valence-corrected chi connectivity index (χ3v) is 5.95. The van der Waals surface area contributed by atoms with Gasteiger partial charge in [-0.3, -0.25) is 9.52 Å². The number of nitrogens with one attached hydrogen (secondary N) is 1. The second-order valence-electron chi connectivity index (χ2n) is 5.96. The number of benzene rings is 2. The van der Waals surface area contributed by atoms with Gasteiger partial charge in [-0.2, -0.15) is 0 Å². The fourth-order valence-corrected chi connectivity index (χ4v) is 4.48. The number of hydrogen-bond donors (Lipinski definition) is 1. The number of carbonyl (C=O) groups is 1. The van der Waals surface area contributed by atoms with Crippen molar-refractivity contribution in [3.05, 3.63) is 52.3 Å². The maximum atomic E-state index is 13.9. The van der Waals surface area contributed by atoms with Crippen molar-refractivity contribution < 1.29 is 17.6 Å². The van der Waals surface area contributed by atoms with E-state index in [9.17, 15) is 17.6 Å². The Labute approximate surface area is 154 Å². The predicted molar refractivity (Wildman–Crippen MR) is 97.7 cm³/mol. The van der Waals surface area contributed by atoms with Crippen molar-refractivity contribution in [3.8, 4) is 0 Å². The number of nitrogens with zero attached hydrogens (tertiary/aromatic N) is 1. The Morgan fingerprint density at radius 2 is 2.00 bits per heavy atom. The minimum absolute atomic E-state index is 0.0256. The average Bonchev–Trinajstić information content (AvgIpc) is 2.85.